The number of carbonyl (C=O) groups excluding carboxylic acids is 5. The first kappa shape index (κ1) is 42.0. The van der Waals surface area contributed by atoms with Crippen molar-refractivity contribution >= 4 is 64.1 Å². The fraction of sp³-hybridized carbons (Fsp3) is 0.234. The lowest BCUT2D eigenvalue weighted by atomic mass is 9.49. The second-order valence-electron chi connectivity index (χ2n) is 15.8. The molecule has 3 fully saturated rings. The predicted molar refractivity (Wildman–Crippen MR) is 225 cm³/mol. The number of rotatable bonds is 10. The third kappa shape index (κ3) is 6.96. The average molecular weight is 896 g/mol. The number of hydrogen-bond donors (Lipinski definition) is 2. The van der Waals surface area contributed by atoms with E-state index in [-0.39, 0.29) is 43.3 Å². The number of imide groups is 2. The molecule has 0 bridgehead atoms. The van der Waals surface area contributed by atoms with Gasteiger partial charge < -0.3 is 9.84 Å². The molecule has 320 valence electrons. The van der Waals surface area contributed by atoms with Crippen LogP contribution in [0.25, 0.3) is 0 Å². The third-order valence-corrected chi connectivity index (χ3v) is 13.1. The monoisotopic (exact) mass is 894 g/mol. The highest BCUT2D eigenvalue weighted by Gasteiger charge is 2.70. The Morgan fingerprint density at radius 3 is 2.19 bits per heavy atom. The second kappa shape index (κ2) is 16.1. The molecule has 9 rings (SSSR count). The van der Waals surface area contributed by atoms with Gasteiger partial charge in [-0.25, -0.2) is 4.98 Å². The van der Waals surface area contributed by atoms with Gasteiger partial charge in [-0.2, -0.15) is 18.2 Å². The number of amides is 4. The van der Waals surface area contributed by atoms with Gasteiger partial charge in [0.05, 0.1) is 46.0 Å². The first-order valence-electron chi connectivity index (χ1n) is 20.0. The molecule has 0 radical (unpaired) electrons. The van der Waals surface area contributed by atoms with Crippen LogP contribution >= 0.6 is 23.2 Å². The summed E-state index contributed by atoms with van der Waals surface area (Å²) in [4.78, 5) is 77.7. The summed E-state index contributed by atoms with van der Waals surface area (Å²) in [6.07, 6.45) is -2.30. The highest BCUT2D eigenvalue weighted by atomic mass is 35.5. The fourth-order valence-electron chi connectivity index (χ4n) is 9.85. The summed E-state index contributed by atoms with van der Waals surface area (Å²) in [5.74, 6) is -7.31. The molecule has 11 nitrogen and oxygen atoms in total. The number of pyridine rings is 1. The second-order valence-corrected chi connectivity index (χ2v) is 16.7. The summed E-state index contributed by atoms with van der Waals surface area (Å²) in [5, 5.41) is 9.96. The van der Waals surface area contributed by atoms with Crippen molar-refractivity contribution in [1.29, 1.82) is 0 Å². The summed E-state index contributed by atoms with van der Waals surface area (Å²) in [5.41, 5.74) is 2.48. The molecule has 3 heterocycles. The fourth-order valence-corrected chi connectivity index (χ4v) is 10.2. The molecule has 2 saturated heterocycles. The van der Waals surface area contributed by atoms with Crippen LogP contribution in [0.15, 0.2) is 127 Å². The minimum absolute atomic E-state index is 0.0166. The zero-order valence-corrected chi connectivity index (χ0v) is 34.4. The Hall–Kier alpha value is -6.35. The molecule has 16 heteroatoms. The number of aliphatic hydroxyl groups excluding tert-OH is 1. The van der Waals surface area contributed by atoms with Crippen LogP contribution in [-0.4, -0.2) is 57.7 Å². The molecule has 4 aliphatic rings. The topological polar surface area (TPSA) is 146 Å². The van der Waals surface area contributed by atoms with Gasteiger partial charge in [0.15, 0.2) is 11.6 Å². The Kier molecular flexibility index (Phi) is 10.7. The van der Waals surface area contributed by atoms with Crippen LogP contribution in [0.4, 0.5) is 24.7 Å². The van der Waals surface area contributed by atoms with Crippen molar-refractivity contribution < 1.29 is 47.0 Å². The molecule has 63 heavy (non-hydrogen) atoms. The number of aliphatic hydroxyl groups is 1. The highest BCUT2D eigenvalue weighted by Crippen LogP contribution is 2.64. The highest BCUT2D eigenvalue weighted by molar-refractivity contribution is 6.33. The van der Waals surface area contributed by atoms with Gasteiger partial charge in [0.2, 0.25) is 11.8 Å². The van der Waals surface area contributed by atoms with Crippen molar-refractivity contribution in [3.63, 3.8) is 0 Å². The zero-order chi connectivity index (χ0) is 44.4. The van der Waals surface area contributed by atoms with E-state index in [1.807, 2.05) is 6.08 Å². The molecular formula is C47H35Cl2F3N4O7. The Morgan fingerprint density at radius 1 is 0.857 bits per heavy atom. The predicted octanol–water partition coefficient (Wildman–Crippen LogP) is 8.20. The molecule has 6 atom stereocenters. The van der Waals surface area contributed by atoms with Crippen LogP contribution in [-0.2, 0) is 30.8 Å². The van der Waals surface area contributed by atoms with Crippen molar-refractivity contribution in [3.05, 3.63) is 165 Å². The number of alkyl halides is 3. The van der Waals surface area contributed by atoms with Crippen molar-refractivity contribution in [3.8, 4) is 5.75 Å². The molecule has 2 aliphatic heterocycles. The van der Waals surface area contributed by atoms with E-state index in [0.29, 0.717) is 50.9 Å². The van der Waals surface area contributed by atoms with Gasteiger partial charge in [0.1, 0.15) is 12.4 Å². The lowest BCUT2D eigenvalue weighted by Gasteiger charge is -2.50. The Bertz CT molecular complexity index is 2700. The largest absolute Gasteiger partial charge is 0.491 e. The number of hydrogen-bond acceptors (Lipinski definition) is 9. The average Bonchev–Trinajstić information content (AvgIpc) is 3.66. The molecule has 1 aromatic heterocycles. The summed E-state index contributed by atoms with van der Waals surface area (Å²) in [6, 6.07) is 28.8. The standard InChI is InChI=1S/C47H35Cl2F3N4O7/c48-30-12-10-28(11-13-30)46-36(43(60)56(45(46)62)54-41-37(49)22-29(24-53-41)47(50,51)52)23-35-33(39(46)25-8-16-32(17-9-25)63-21-20-57)18-19-34-38(35)44(61)55(42(34)59)31-14-6-27(7-15-31)40(58)26-4-2-1-3-5-26/h1-18,22,24,34-36,38-39,57H,19-21,23H2,(H,53,54). The van der Waals surface area contributed by atoms with E-state index < -0.39 is 75.4 Å². The van der Waals surface area contributed by atoms with Gasteiger partial charge in [-0.15, -0.1) is 0 Å². The molecule has 2 aliphatic carbocycles. The normalized spacial score (nSPS) is 24.2. The number of carbonyl (C=O) groups is 5. The van der Waals surface area contributed by atoms with Crippen LogP contribution in [0, 0.1) is 23.7 Å². The van der Waals surface area contributed by atoms with E-state index in [2.05, 4.69) is 10.4 Å². The van der Waals surface area contributed by atoms with Gasteiger partial charge in [0.25, 0.3) is 11.8 Å². The number of nitrogens with one attached hydrogen (secondary N) is 1. The number of anilines is 2. The molecule has 4 aromatic carbocycles. The van der Waals surface area contributed by atoms with Gasteiger partial charge in [-0.1, -0.05) is 89.4 Å². The minimum Gasteiger partial charge on any atom is -0.491 e. The maximum Gasteiger partial charge on any atom is 0.417 e. The lowest BCUT2D eigenvalue weighted by Crippen LogP contribution is -2.53. The maximum absolute atomic E-state index is 15.4. The van der Waals surface area contributed by atoms with E-state index >= 15 is 4.79 Å². The molecule has 6 unspecified atom stereocenters. The van der Waals surface area contributed by atoms with Gasteiger partial charge in [-0.05, 0) is 84.5 Å². The first-order valence-corrected chi connectivity index (χ1v) is 20.7. The van der Waals surface area contributed by atoms with Gasteiger partial charge in [-0.3, -0.25) is 34.3 Å². The zero-order valence-electron chi connectivity index (χ0n) is 32.9. The Morgan fingerprint density at radius 2 is 1.54 bits per heavy atom. The molecule has 5 aromatic rings. The molecule has 1 saturated carbocycles. The quantitative estimate of drug-likeness (QED) is 0.0805. The van der Waals surface area contributed by atoms with Crippen LogP contribution in [0.2, 0.25) is 10.0 Å². The Labute approximate surface area is 368 Å². The van der Waals surface area contributed by atoms with Crippen molar-refractivity contribution in [2.45, 2.75) is 30.4 Å². The smallest absolute Gasteiger partial charge is 0.417 e. The van der Waals surface area contributed by atoms with E-state index in [4.69, 9.17) is 27.9 Å². The number of aromatic nitrogens is 1. The first-order chi connectivity index (χ1) is 30.2. The molecular weight excluding hydrogens is 860 g/mol. The van der Waals surface area contributed by atoms with Crippen molar-refractivity contribution in [1.82, 2.24) is 9.99 Å². The molecule has 4 amide bonds. The van der Waals surface area contributed by atoms with Crippen LogP contribution in [0.1, 0.15) is 51.4 Å². The summed E-state index contributed by atoms with van der Waals surface area (Å²) in [7, 11) is 0. The van der Waals surface area contributed by atoms with Crippen LogP contribution in [0.5, 0.6) is 5.75 Å². The number of ether oxygens (including phenoxy) is 1. The van der Waals surface area contributed by atoms with Crippen molar-refractivity contribution in [2.75, 3.05) is 23.5 Å². The van der Waals surface area contributed by atoms with E-state index in [1.165, 1.54) is 0 Å². The molecule has 0 spiro atoms. The molecule has 2 N–H and O–H groups in total. The maximum atomic E-state index is 15.4. The summed E-state index contributed by atoms with van der Waals surface area (Å²) >= 11 is 12.7. The third-order valence-electron chi connectivity index (χ3n) is 12.6. The van der Waals surface area contributed by atoms with E-state index in [1.54, 1.807) is 103 Å². The van der Waals surface area contributed by atoms with Crippen LogP contribution < -0.4 is 15.1 Å². The van der Waals surface area contributed by atoms with E-state index in [0.717, 1.165) is 9.91 Å². The number of fused-ring (bicyclic) bond motifs is 4. The Balaban J connectivity index is 1.15. The summed E-state index contributed by atoms with van der Waals surface area (Å²) < 4.78 is 46.3. The van der Waals surface area contributed by atoms with Crippen LogP contribution in [0.3, 0.4) is 0 Å². The van der Waals surface area contributed by atoms with E-state index in [9.17, 15) is 37.5 Å². The van der Waals surface area contributed by atoms with Crippen molar-refractivity contribution in [2.24, 2.45) is 23.7 Å². The number of allylic oxidation sites excluding steroid dienone is 2. The summed E-state index contributed by atoms with van der Waals surface area (Å²) in [6.45, 7) is -0.220. The van der Waals surface area contributed by atoms with Gasteiger partial charge >= 0.3 is 6.18 Å². The number of benzene rings is 4. The van der Waals surface area contributed by atoms with Gasteiger partial charge in [0, 0.05) is 28.3 Å². The number of ketones is 1. The number of nitrogens with zero attached hydrogens (tertiary/aromatic N) is 3. The SMILES string of the molecule is O=C(c1ccccc1)c1ccc(N2C(=O)C3CC=C4C(CC5C(=O)N(Nc6ncc(C(F)(F)F)cc6Cl)C(=O)C5(c5ccc(Cl)cc5)C4c4ccc(OCCO)cc4)C3C2=O)cc1. The number of halogens is 5. The minimum atomic E-state index is -4.77. The number of hydrazine groups is 1. The lowest BCUT2D eigenvalue weighted by molar-refractivity contribution is -0.139.